The molecule has 2 atom stereocenters. The number of nitrogens with zero attached hydrogens (tertiary/aromatic N) is 2. The molecule has 2 aliphatic heterocycles. The van der Waals surface area contributed by atoms with E-state index in [-0.39, 0.29) is 30.1 Å². The maximum atomic E-state index is 12.8. The van der Waals surface area contributed by atoms with E-state index in [1.165, 1.54) is 4.90 Å². The molecule has 0 aromatic heterocycles. The summed E-state index contributed by atoms with van der Waals surface area (Å²) in [6, 6.07) is 6.13. The Hall–Kier alpha value is -1.92. The Morgan fingerprint density at radius 3 is 2.68 bits per heavy atom. The predicted octanol–water partition coefficient (Wildman–Crippen LogP) is 2.25. The Kier molecular flexibility index (Phi) is 5.39. The second kappa shape index (κ2) is 7.54. The van der Waals surface area contributed by atoms with Gasteiger partial charge < -0.3 is 4.74 Å². The third kappa shape index (κ3) is 3.70. The summed E-state index contributed by atoms with van der Waals surface area (Å²) in [5.41, 5.74) is 0.529. The molecule has 25 heavy (non-hydrogen) atoms. The SMILES string of the molecule is CCOC(=O)[C@H]1CCCN([C@@H]2CC(=O)N(c3ccc(Cl)cc3)C2=O)C1. The molecule has 2 saturated heterocycles. The molecule has 7 heteroatoms. The van der Waals surface area contributed by atoms with Crippen molar-refractivity contribution in [2.24, 2.45) is 5.92 Å². The van der Waals surface area contributed by atoms with E-state index in [4.69, 9.17) is 16.3 Å². The van der Waals surface area contributed by atoms with Crippen LogP contribution in [0.1, 0.15) is 26.2 Å². The van der Waals surface area contributed by atoms with Gasteiger partial charge in [-0.15, -0.1) is 0 Å². The first-order valence-electron chi connectivity index (χ1n) is 8.54. The molecule has 0 N–H and O–H groups in total. The molecule has 0 unspecified atom stereocenters. The van der Waals surface area contributed by atoms with Gasteiger partial charge in [-0.2, -0.15) is 0 Å². The standard InChI is InChI=1S/C18H21ClN2O4/c1-2-25-18(24)12-4-3-9-20(11-12)15-10-16(22)21(17(15)23)14-7-5-13(19)6-8-14/h5-8,12,15H,2-4,9-11H2,1H3/t12-,15+/m0/s1. The molecule has 0 aliphatic carbocycles. The van der Waals surface area contributed by atoms with Crippen LogP contribution in [0.4, 0.5) is 5.69 Å². The third-order valence-electron chi connectivity index (χ3n) is 4.72. The number of hydrogen-bond acceptors (Lipinski definition) is 5. The molecule has 0 radical (unpaired) electrons. The van der Waals surface area contributed by atoms with Crippen LogP contribution in [0.25, 0.3) is 0 Å². The van der Waals surface area contributed by atoms with E-state index in [1.54, 1.807) is 31.2 Å². The van der Waals surface area contributed by atoms with E-state index >= 15 is 0 Å². The minimum absolute atomic E-state index is 0.136. The zero-order valence-electron chi connectivity index (χ0n) is 14.1. The topological polar surface area (TPSA) is 66.9 Å². The number of piperidine rings is 1. The van der Waals surface area contributed by atoms with Crippen molar-refractivity contribution in [1.82, 2.24) is 4.90 Å². The van der Waals surface area contributed by atoms with Crippen molar-refractivity contribution in [1.29, 1.82) is 0 Å². The van der Waals surface area contributed by atoms with Crippen molar-refractivity contribution in [3.05, 3.63) is 29.3 Å². The molecule has 0 spiro atoms. The largest absolute Gasteiger partial charge is 0.466 e. The number of carbonyl (C=O) groups excluding carboxylic acids is 3. The number of imide groups is 1. The van der Waals surface area contributed by atoms with Crippen molar-refractivity contribution in [2.75, 3.05) is 24.6 Å². The van der Waals surface area contributed by atoms with Crippen molar-refractivity contribution in [3.63, 3.8) is 0 Å². The number of anilines is 1. The van der Waals surface area contributed by atoms with Crippen molar-refractivity contribution >= 4 is 35.1 Å². The summed E-state index contributed by atoms with van der Waals surface area (Å²) in [4.78, 5) is 40.4. The van der Waals surface area contributed by atoms with E-state index in [1.807, 2.05) is 4.90 Å². The van der Waals surface area contributed by atoms with Gasteiger partial charge in [0.05, 0.1) is 30.7 Å². The Morgan fingerprint density at radius 1 is 1.28 bits per heavy atom. The summed E-state index contributed by atoms with van der Waals surface area (Å²) >= 11 is 5.87. The van der Waals surface area contributed by atoms with E-state index in [0.29, 0.717) is 30.4 Å². The van der Waals surface area contributed by atoms with E-state index in [2.05, 4.69) is 0 Å². The zero-order chi connectivity index (χ0) is 18.0. The van der Waals surface area contributed by atoms with Crippen molar-refractivity contribution in [2.45, 2.75) is 32.2 Å². The summed E-state index contributed by atoms with van der Waals surface area (Å²) in [5, 5.41) is 0.549. The van der Waals surface area contributed by atoms with Gasteiger partial charge in [-0.05, 0) is 50.6 Å². The maximum absolute atomic E-state index is 12.8. The lowest BCUT2D eigenvalue weighted by Crippen LogP contribution is -2.48. The number of benzene rings is 1. The fourth-order valence-corrected chi connectivity index (χ4v) is 3.63. The van der Waals surface area contributed by atoms with Crippen LogP contribution in [0.3, 0.4) is 0 Å². The lowest BCUT2D eigenvalue weighted by Gasteiger charge is -2.34. The fourth-order valence-electron chi connectivity index (χ4n) is 3.50. The molecule has 2 amide bonds. The Morgan fingerprint density at radius 2 is 2.00 bits per heavy atom. The van der Waals surface area contributed by atoms with Gasteiger partial charge in [0.1, 0.15) is 0 Å². The smallest absolute Gasteiger partial charge is 0.310 e. The third-order valence-corrected chi connectivity index (χ3v) is 4.97. The molecule has 0 bridgehead atoms. The van der Waals surface area contributed by atoms with E-state index < -0.39 is 6.04 Å². The molecular weight excluding hydrogens is 344 g/mol. The normalized spacial score (nSPS) is 24.6. The highest BCUT2D eigenvalue weighted by Crippen LogP contribution is 2.29. The first kappa shape index (κ1) is 17.9. The van der Waals surface area contributed by atoms with Gasteiger partial charge in [0, 0.05) is 11.6 Å². The lowest BCUT2D eigenvalue weighted by atomic mass is 9.96. The van der Waals surface area contributed by atoms with Crippen LogP contribution in [-0.4, -0.2) is 48.4 Å². The van der Waals surface area contributed by atoms with Crippen LogP contribution in [0, 0.1) is 5.92 Å². The highest BCUT2D eigenvalue weighted by atomic mass is 35.5. The molecule has 6 nitrogen and oxygen atoms in total. The van der Waals surface area contributed by atoms with Gasteiger partial charge in [0.15, 0.2) is 0 Å². The van der Waals surface area contributed by atoms with E-state index in [9.17, 15) is 14.4 Å². The highest BCUT2D eigenvalue weighted by molar-refractivity contribution is 6.30. The summed E-state index contributed by atoms with van der Waals surface area (Å²) < 4.78 is 5.10. The molecule has 1 aromatic carbocycles. The van der Waals surface area contributed by atoms with Crippen LogP contribution in [0.2, 0.25) is 5.02 Å². The summed E-state index contributed by atoms with van der Waals surface area (Å²) in [6.45, 7) is 3.28. The van der Waals surface area contributed by atoms with Crippen LogP contribution in [0.5, 0.6) is 0 Å². The van der Waals surface area contributed by atoms with E-state index in [0.717, 1.165) is 12.8 Å². The quantitative estimate of drug-likeness (QED) is 0.605. The van der Waals surface area contributed by atoms with Crippen molar-refractivity contribution in [3.8, 4) is 0 Å². The zero-order valence-corrected chi connectivity index (χ0v) is 14.9. The van der Waals surface area contributed by atoms with Crippen LogP contribution < -0.4 is 4.90 Å². The molecule has 1 aromatic rings. The first-order chi connectivity index (χ1) is 12.0. The molecular formula is C18H21ClN2O4. The maximum Gasteiger partial charge on any atom is 0.310 e. The van der Waals surface area contributed by atoms with Gasteiger partial charge in [0.2, 0.25) is 5.91 Å². The average molecular weight is 365 g/mol. The van der Waals surface area contributed by atoms with Gasteiger partial charge in [-0.25, -0.2) is 4.90 Å². The molecule has 2 fully saturated rings. The number of esters is 1. The fraction of sp³-hybridized carbons (Fsp3) is 0.500. The molecule has 3 rings (SSSR count). The molecule has 134 valence electrons. The van der Waals surface area contributed by atoms with Gasteiger partial charge >= 0.3 is 5.97 Å². The number of amides is 2. The monoisotopic (exact) mass is 364 g/mol. The minimum Gasteiger partial charge on any atom is -0.466 e. The number of rotatable bonds is 4. The van der Waals surface area contributed by atoms with Crippen molar-refractivity contribution < 1.29 is 19.1 Å². The average Bonchev–Trinajstić information content (AvgIpc) is 2.91. The number of carbonyl (C=O) groups is 3. The Labute approximate surface area is 151 Å². The number of ether oxygens (including phenoxy) is 1. The summed E-state index contributed by atoms with van der Waals surface area (Å²) in [5.74, 6) is -0.924. The number of likely N-dealkylation sites (tertiary alicyclic amines) is 1. The second-order valence-corrected chi connectivity index (χ2v) is 6.79. The molecule has 0 saturated carbocycles. The summed E-state index contributed by atoms with van der Waals surface area (Å²) in [6.07, 6.45) is 1.70. The van der Waals surface area contributed by atoms with Gasteiger partial charge in [0.25, 0.3) is 5.91 Å². The Balaban J connectivity index is 1.73. The highest BCUT2D eigenvalue weighted by Gasteiger charge is 2.44. The number of halogens is 1. The number of hydrogen-bond donors (Lipinski definition) is 0. The predicted molar refractivity (Wildman–Crippen MR) is 93.3 cm³/mol. The summed E-state index contributed by atoms with van der Waals surface area (Å²) in [7, 11) is 0. The van der Waals surface area contributed by atoms with Crippen LogP contribution in [0.15, 0.2) is 24.3 Å². The van der Waals surface area contributed by atoms with Gasteiger partial charge in [-0.1, -0.05) is 11.6 Å². The van der Waals surface area contributed by atoms with Crippen LogP contribution >= 0.6 is 11.6 Å². The van der Waals surface area contributed by atoms with Gasteiger partial charge in [-0.3, -0.25) is 19.3 Å². The lowest BCUT2D eigenvalue weighted by molar-refractivity contribution is -0.150. The second-order valence-electron chi connectivity index (χ2n) is 6.35. The molecule has 2 aliphatic rings. The molecule has 2 heterocycles. The van der Waals surface area contributed by atoms with Crippen LogP contribution in [-0.2, 0) is 19.1 Å². The Bertz CT molecular complexity index is 676. The minimum atomic E-state index is -0.514. The first-order valence-corrected chi connectivity index (χ1v) is 8.92.